The fraction of sp³-hybridized carbons (Fsp3) is 0.568. The van der Waals surface area contributed by atoms with Crippen LogP contribution < -0.4 is 0 Å². The number of benzene rings is 2. The van der Waals surface area contributed by atoms with Crippen molar-refractivity contribution in [2.45, 2.75) is 139 Å². The number of hydrogen-bond acceptors (Lipinski definition) is 0. The average molecular weight is 586 g/mol. The van der Waals surface area contributed by atoms with Crippen LogP contribution >= 0.6 is 0 Å². The molecule has 3 heteroatoms. The Hall–Kier alpha value is -2.17. The third kappa shape index (κ3) is 10.0. The van der Waals surface area contributed by atoms with Gasteiger partial charge in [0.15, 0.2) is 0 Å². The molecule has 0 radical (unpaired) electrons. The van der Waals surface area contributed by atoms with Crippen LogP contribution in [0.4, 0.5) is 0 Å². The molecule has 0 aromatic heterocycles. The summed E-state index contributed by atoms with van der Waals surface area (Å²) < 4.78 is 0. The Balaban J connectivity index is 0.00000800. The van der Waals surface area contributed by atoms with Gasteiger partial charge in [0.05, 0.1) is 5.57 Å². The van der Waals surface area contributed by atoms with Crippen LogP contribution in [0.3, 0.4) is 0 Å². The van der Waals surface area contributed by atoms with Crippen molar-refractivity contribution in [3.8, 4) is 0 Å². The van der Waals surface area contributed by atoms with Crippen molar-refractivity contribution in [3.63, 3.8) is 0 Å². The first-order chi connectivity index (χ1) is 18.8. The van der Waals surface area contributed by atoms with Crippen molar-refractivity contribution >= 4 is 11.4 Å². The van der Waals surface area contributed by atoms with E-state index in [2.05, 4.69) is 90.3 Å². The summed E-state index contributed by atoms with van der Waals surface area (Å²) in [5.74, 6) is 2.98. The molecule has 2 aromatic rings. The second-order valence-corrected chi connectivity index (χ2v) is 11.5. The zero-order valence-electron chi connectivity index (χ0n) is 26.7. The van der Waals surface area contributed by atoms with Gasteiger partial charge in [0.25, 0.3) is 0 Å². The first kappa shape index (κ1) is 35.9. The van der Waals surface area contributed by atoms with Crippen LogP contribution in [0.5, 0.6) is 0 Å². The molecule has 2 nitrogen and oxygen atoms in total. The van der Waals surface area contributed by atoms with E-state index in [1.54, 1.807) is 5.56 Å². The second kappa shape index (κ2) is 19.0. The fourth-order valence-electron chi connectivity index (χ4n) is 5.67. The Morgan fingerprint density at radius 2 is 1.18 bits per heavy atom. The first-order valence-corrected chi connectivity index (χ1v) is 15.7. The number of allylic oxidation sites excluding steroid dienone is 2. The summed E-state index contributed by atoms with van der Waals surface area (Å²) in [7, 11) is 0. The minimum atomic E-state index is 0. The van der Waals surface area contributed by atoms with Gasteiger partial charge < -0.3 is 5.53 Å². The van der Waals surface area contributed by atoms with E-state index in [1.165, 1.54) is 95.0 Å². The maximum Gasteiger partial charge on any atom is 0.303 e. The van der Waals surface area contributed by atoms with Crippen molar-refractivity contribution in [2.24, 2.45) is 0 Å². The smallest absolute Gasteiger partial charge is 0.303 e. The maximum atomic E-state index is 9.56. The molecule has 0 bridgehead atoms. The largest absolute Gasteiger partial charge is 0.348 e. The molecule has 0 aliphatic rings. The van der Waals surface area contributed by atoms with Crippen LogP contribution in [0.25, 0.3) is 11.1 Å². The van der Waals surface area contributed by atoms with Crippen LogP contribution in [0.2, 0.25) is 0 Å². The number of rotatable bonds is 16. The third-order valence-electron chi connectivity index (χ3n) is 8.36. The van der Waals surface area contributed by atoms with Crippen LogP contribution in [0, 0.1) is 20.8 Å². The van der Waals surface area contributed by atoms with Gasteiger partial charge in [-0.1, -0.05) is 84.1 Å². The number of nitrogens with zero attached hydrogens (tertiary/aromatic N) is 2. The normalized spacial score (nSPS) is 11.4. The van der Waals surface area contributed by atoms with E-state index in [9.17, 15) is 5.53 Å². The molecule has 0 atom stereocenters. The zero-order valence-corrected chi connectivity index (χ0v) is 27.7. The van der Waals surface area contributed by atoms with E-state index >= 15 is 0 Å². The van der Waals surface area contributed by atoms with Crippen molar-refractivity contribution in [3.05, 3.63) is 85.5 Å². The van der Waals surface area contributed by atoms with E-state index in [1.807, 2.05) is 0 Å². The predicted octanol–water partition coefficient (Wildman–Crippen LogP) is 10.9. The number of unbranched alkanes of at least 4 members (excludes halogenated alkanes) is 5. The Kier molecular flexibility index (Phi) is 17.1. The Morgan fingerprint density at radius 1 is 0.700 bits per heavy atom. The molecule has 0 aliphatic carbocycles. The molecule has 0 saturated heterocycles. The quantitative estimate of drug-likeness (QED) is 0.0469. The molecule has 40 heavy (non-hydrogen) atoms. The fourth-order valence-corrected chi connectivity index (χ4v) is 5.67. The van der Waals surface area contributed by atoms with Gasteiger partial charge >= 0.3 is 5.87 Å². The summed E-state index contributed by atoms with van der Waals surface area (Å²) in [5, 5.41) is 0. The van der Waals surface area contributed by atoms with Gasteiger partial charge in [-0.2, -0.15) is 0 Å². The molecule has 0 amide bonds. The summed E-state index contributed by atoms with van der Waals surface area (Å²) in [4.78, 5) is 3.40. The number of aryl methyl sites for hydroxylation is 4. The van der Waals surface area contributed by atoms with Gasteiger partial charge in [-0.25, -0.2) is 0 Å². The standard InChI is InChI=1S/C37H54N2.Ni/c1-9-13-17-20-33(26-39-38)30(8)37(34-22-27(5)29(7)28(6)23-34)35-24-31(18-14-10-2)36(21-16-12-4)32(25-35)19-15-11-3;/h22-25H,9-21H2,1-8H3;. The molecular formula is C37H54N2Ni. The van der Waals surface area contributed by atoms with E-state index in [4.69, 9.17) is 0 Å². The SMILES string of the molecule is CCCCCC(=C=[N+]=[N-])C(C)=C(c1cc(C)c(C)c(C)c1)c1cc(CCCC)c(CCCC)c(CCCC)c1.[Ni]. The molecule has 222 valence electrons. The van der Waals surface area contributed by atoms with E-state index in [0.717, 1.165) is 44.1 Å². The van der Waals surface area contributed by atoms with Crippen molar-refractivity contribution in [1.29, 1.82) is 0 Å². The minimum absolute atomic E-state index is 0. The van der Waals surface area contributed by atoms with Crippen molar-refractivity contribution < 1.29 is 21.3 Å². The Bertz CT molecular complexity index is 1150. The first-order valence-electron chi connectivity index (χ1n) is 15.7. The zero-order chi connectivity index (χ0) is 28.8. The summed E-state index contributed by atoms with van der Waals surface area (Å²) in [6.07, 6.45) is 15.0. The van der Waals surface area contributed by atoms with Crippen LogP contribution in [-0.2, 0) is 35.8 Å². The van der Waals surface area contributed by atoms with E-state index in [-0.39, 0.29) is 16.5 Å². The maximum absolute atomic E-state index is 9.56. The van der Waals surface area contributed by atoms with Gasteiger partial charge in [0.1, 0.15) is 0 Å². The summed E-state index contributed by atoms with van der Waals surface area (Å²) in [6, 6.07) is 9.70. The van der Waals surface area contributed by atoms with Crippen molar-refractivity contribution in [2.75, 3.05) is 0 Å². The minimum Gasteiger partial charge on any atom is -0.348 e. The van der Waals surface area contributed by atoms with Crippen molar-refractivity contribution in [1.82, 2.24) is 0 Å². The van der Waals surface area contributed by atoms with Gasteiger partial charge in [-0.3, -0.25) is 0 Å². The number of hydrogen-bond donors (Lipinski definition) is 0. The molecule has 2 aromatic carbocycles. The van der Waals surface area contributed by atoms with E-state index in [0.29, 0.717) is 0 Å². The topological polar surface area (TPSA) is 36.4 Å². The second-order valence-electron chi connectivity index (χ2n) is 11.5. The Labute approximate surface area is 256 Å². The summed E-state index contributed by atoms with van der Waals surface area (Å²) in [5.41, 5.74) is 24.2. The summed E-state index contributed by atoms with van der Waals surface area (Å²) in [6.45, 7) is 18.0. The molecule has 0 N–H and O–H groups in total. The molecule has 0 spiro atoms. The monoisotopic (exact) mass is 584 g/mol. The van der Waals surface area contributed by atoms with Gasteiger partial charge in [0.2, 0.25) is 0 Å². The molecule has 0 aliphatic heterocycles. The van der Waals surface area contributed by atoms with Gasteiger partial charge in [0, 0.05) is 16.5 Å². The van der Waals surface area contributed by atoms with Crippen LogP contribution in [0.1, 0.15) is 143 Å². The molecule has 0 heterocycles. The molecule has 2 rings (SSSR count). The average Bonchev–Trinajstić information content (AvgIpc) is 2.92. The molecule has 0 fully saturated rings. The van der Waals surface area contributed by atoms with Crippen LogP contribution in [0.15, 0.2) is 35.4 Å². The van der Waals surface area contributed by atoms with Crippen LogP contribution in [-0.4, -0.2) is 10.7 Å². The van der Waals surface area contributed by atoms with Gasteiger partial charge in [-0.05, 0) is 135 Å². The predicted molar refractivity (Wildman–Crippen MR) is 171 cm³/mol. The third-order valence-corrected chi connectivity index (χ3v) is 8.36. The molecule has 0 saturated carbocycles. The molecule has 0 unspecified atom stereocenters. The van der Waals surface area contributed by atoms with E-state index < -0.39 is 0 Å². The van der Waals surface area contributed by atoms with Gasteiger partial charge in [-0.15, -0.1) is 4.79 Å². The molecular weight excluding hydrogens is 531 g/mol. The summed E-state index contributed by atoms with van der Waals surface area (Å²) >= 11 is 0. The Morgan fingerprint density at radius 3 is 1.65 bits per heavy atom.